The second-order valence-electron chi connectivity index (χ2n) is 15.8. The summed E-state index contributed by atoms with van der Waals surface area (Å²) in [5.74, 6) is -2.49. The minimum atomic E-state index is -3.89. The van der Waals surface area contributed by atoms with Crippen molar-refractivity contribution in [3.63, 3.8) is 0 Å². The predicted octanol–water partition coefficient (Wildman–Crippen LogP) is 4.55. The molecule has 4 aliphatic rings. The van der Waals surface area contributed by atoms with Crippen LogP contribution in [0.1, 0.15) is 77.7 Å². The van der Waals surface area contributed by atoms with Gasteiger partial charge in [-0.3, -0.25) is 19.1 Å². The molecule has 4 amide bonds. The number of nitrogens with zero attached hydrogens (tertiary/aromatic N) is 1. The molecule has 4 fully saturated rings. The summed E-state index contributed by atoms with van der Waals surface area (Å²) in [6.07, 6.45) is 5.18. The van der Waals surface area contributed by atoms with E-state index in [9.17, 15) is 27.6 Å². The van der Waals surface area contributed by atoms with Gasteiger partial charge in [0, 0.05) is 19.4 Å². The summed E-state index contributed by atoms with van der Waals surface area (Å²) in [5, 5.41) is 5.00. The molecule has 0 spiro atoms. The molecule has 5 atom stereocenters. The Morgan fingerprint density at radius 2 is 1.58 bits per heavy atom. The van der Waals surface area contributed by atoms with E-state index in [2.05, 4.69) is 21.9 Å². The Labute approximate surface area is 306 Å². The molecule has 52 heavy (non-hydrogen) atoms. The minimum Gasteiger partial charge on any atom is -0.446 e. The number of hydrogen-bond acceptors (Lipinski definition) is 8. The number of carbonyl (C=O) groups excluding carboxylic acids is 4. The first kappa shape index (κ1) is 37.5. The number of likely N-dealkylation sites (tertiary alicyclic amines) is 1. The van der Waals surface area contributed by atoms with E-state index >= 15 is 0 Å². The molecule has 3 N–H and O–H groups in total. The van der Waals surface area contributed by atoms with Crippen LogP contribution < -0.4 is 15.4 Å². The van der Waals surface area contributed by atoms with Crippen molar-refractivity contribution < 1.29 is 37.1 Å². The number of hydrogen-bond donors (Lipinski definition) is 3. The molecule has 0 radical (unpaired) electrons. The topological polar surface area (TPSA) is 160 Å². The number of benzene rings is 2. The van der Waals surface area contributed by atoms with Crippen LogP contribution >= 0.6 is 0 Å². The Kier molecular flexibility index (Phi) is 10.3. The summed E-state index contributed by atoms with van der Waals surface area (Å²) in [4.78, 5) is 57.3. The van der Waals surface area contributed by atoms with Crippen LogP contribution in [0, 0.1) is 11.3 Å². The maximum absolute atomic E-state index is 14.7. The standard InChI is InChI=1S/C39H50N4O8S/c1-6-27-22-39(27,35(46)42-52(48,49)30-20-21-30)41-33(44)31-23-38(50-5,28-18-16-26(17-19-28)25-12-8-7-9-13-25)24-43(31)34(45)32(37(2,3)4)40-36(47)51-29-14-10-11-15-29/h6-9,12-13,16-19,27,29-32H,1,10-11,14-15,20-24H2,2-5H3,(H,40,47)(H,41,44)(H,42,46)/t27?,31-,32?,38-,39+/m0/s1. The van der Waals surface area contributed by atoms with Crippen molar-refractivity contribution in [1.29, 1.82) is 0 Å². The van der Waals surface area contributed by atoms with E-state index in [-0.39, 0.29) is 25.5 Å². The highest BCUT2D eigenvalue weighted by atomic mass is 32.2. The summed E-state index contributed by atoms with van der Waals surface area (Å²) >= 11 is 0. The van der Waals surface area contributed by atoms with Crippen molar-refractivity contribution in [2.45, 2.75) is 107 Å². The van der Waals surface area contributed by atoms with Gasteiger partial charge in [0.25, 0.3) is 5.91 Å². The number of amides is 4. The summed E-state index contributed by atoms with van der Waals surface area (Å²) in [5.41, 5.74) is -0.721. The molecule has 0 aromatic heterocycles. The molecule has 2 aromatic carbocycles. The third-order valence-electron chi connectivity index (χ3n) is 11.0. The van der Waals surface area contributed by atoms with E-state index in [0.717, 1.165) is 42.4 Å². The number of ether oxygens (including phenoxy) is 2. The molecule has 280 valence electrons. The number of rotatable bonds is 12. The zero-order valence-corrected chi connectivity index (χ0v) is 31.2. The van der Waals surface area contributed by atoms with Crippen LogP contribution in [0.4, 0.5) is 4.79 Å². The Morgan fingerprint density at radius 3 is 2.13 bits per heavy atom. The fourth-order valence-electron chi connectivity index (χ4n) is 7.55. The van der Waals surface area contributed by atoms with Gasteiger partial charge >= 0.3 is 6.09 Å². The zero-order chi connectivity index (χ0) is 37.5. The maximum Gasteiger partial charge on any atom is 0.408 e. The van der Waals surface area contributed by atoms with Gasteiger partial charge in [-0.15, -0.1) is 6.58 Å². The fraction of sp³-hybridized carbons (Fsp3) is 0.538. The minimum absolute atomic E-state index is 0.0306. The van der Waals surface area contributed by atoms with Crippen molar-refractivity contribution >= 4 is 33.8 Å². The van der Waals surface area contributed by atoms with Crippen molar-refractivity contribution in [1.82, 2.24) is 20.3 Å². The number of carbonyl (C=O) groups is 4. The highest BCUT2D eigenvalue weighted by Gasteiger charge is 2.62. The van der Waals surface area contributed by atoms with Crippen LogP contribution in [-0.2, 0) is 39.5 Å². The molecule has 3 aliphatic carbocycles. The normalized spacial score (nSPS) is 26.7. The summed E-state index contributed by atoms with van der Waals surface area (Å²) < 4.78 is 39.5. The Hall–Kier alpha value is -4.23. The summed E-state index contributed by atoms with van der Waals surface area (Å²) in [6.45, 7) is 9.22. The van der Waals surface area contributed by atoms with Gasteiger partial charge in [0.15, 0.2) is 0 Å². The lowest BCUT2D eigenvalue weighted by Gasteiger charge is -2.36. The van der Waals surface area contributed by atoms with Crippen LogP contribution in [0.2, 0.25) is 0 Å². The van der Waals surface area contributed by atoms with Crippen LogP contribution in [0.15, 0.2) is 67.3 Å². The van der Waals surface area contributed by atoms with E-state index in [4.69, 9.17) is 9.47 Å². The third kappa shape index (κ3) is 7.61. The maximum atomic E-state index is 14.7. The highest BCUT2D eigenvalue weighted by Crippen LogP contribution is 2.47. The third-order valence-corrected chi connectivity index (χ3v) is 12.8. The lowest BCUT2D eigenvalue weighted by Crippen LogP contribution is -2.60. The van der Waals surface area contributed by atoms with Crippen molar-refractivity contribution in [3.05, 3.63) is 72.8 Å². The smallest absolute Gasteiger partial charge is 0.408 e. The first-order valence-corrected chi connectivity index (χ1v) is 19.7. The molecule has 2 unspecified atom stereocenters. The average molecular weight is 735 g/mol. The summed E-state index contributed by atoms with van der Waals surface area (Å²) in [7, 11) is -2.37. The lowest BCUT2D eigenvalue weighted by atomic mass is 9.85. The second kappa shape index (κ2) is 14.3. The number of sulfonamides is 1. The number of nitrogens with one attached hydrogen (secondary N) is 3. The van der Waals surface area contributed by atoms with E-state index in [1.54, 1.807) is 0 Å². The van der Waals surface area contributed by atoms with Crippen LogP contribution in [0.3, 0.4) is 0 Å². The molecule has 2 aromatic rings. The van der Waals surface area contributed by atoms with Gasteiger partial charge < -0.3 is 25.0 Å². The molecule has 1 aliphatic heterocycles. The molecule has 6 rings (SSSR count). The van der Waals surface area contributed by atoms with E-state index in [0.29, 0.717) is 12.8 Å². The summed E-state index contributed by atoms with van der Waals surface area (Å²) in [6, 6.07) is 15.4. The molecule has 3 saturated carbocycles. The lowest BCUT2D eigenvalue weighted by molar-refractivity contribution is -0.143. The van der Waals surface area contributed by atoms with Gasteiger partial charge in [0.2, 0.25) is 21.8 Å². The first-order valence-electron chi connectivity index (χ1n) is 18.1. The Morgan fingerprint density at radius 1 is 0.942 bits per heavy atom. The van der Waals surface area contributed by atoms with Gasteiger partial charge in [-0.25, -0.2) is 13.2 Å². The van der Waals surface area contributed by atoms with Gasteiger partial charge in [-0.1, -0.05) is 81.4 Å². The molecule has 1 heterocycles. The van der Waals surface area contributed by atoms with Gasteiger partial charge in [0.05, 0.1) is 11.8 Å². The van der Waals surface area contributed by atoms with Gasteiger partial charge in [0.1, 0.15) is 29.3 Å². The Balaban J connectivity index is 1.31. The average Bonchev–Trinajstić information content (AvgIpc) is 4.00. The van der Waals surface area contributed by atoms with Crippen molar-refractivity contribution in [2.75, 3.05) is 13.7 Å². The van der Waals surface area contributed by atoms with Crippen LogP contribution in [-0.4, -0.2) is 79.8 Å². The second-order valence-corrected chi connectivity index (χ2v) is 17.7. The van der Waals surface area contributed by atoms with E-state index < -0.39 is 73.6 Å². The molecule has 13 heteroatoms. The van der Waals surface area contributed by atoms with Crippen LogP contribution in [0.5, 0.6) is 0 Å². The fourth-order valence-corrected chi connectivity index (χ4v) is 8.92. The quantitative estimate of drug-likeness (QED) is 0.268. The number of methoxy groups -OCH3 is 1. The largest absolute Gasteiger partial charge is 0.446 e. The molecule has 0 bridgehead atoms. The Bertz CT molecular complexity index is 1800. The van der Waals surface area contributed by atoms with Gasteiger partial charge in [-0.05, 0) is 67.1 Å². The first-order chi connectivity index (χ1) is 24.6. The van der Waals surface area contributed by atoms with E-state index in [1.807, 2.05) is 75.4 Å². The molecular weight excluding hydrogens is 685 g/mol. The number of alkyl carbamates (subject to hydrolysis) is 1. The predicted molar refractivity (Wildman–Crippen MR) is 195 cm³/mol. The van der Waals surface area contributed by atoms with Crippen LogP contribution in [0.25, 0.3) is 11.1 Å². The SMILES string of the molecule is C=CC1C[C@]1(NC(=O)[C@@H]1C[C@@](OC)(c2ccc(-c3ccccc3)cc2)CN1C(=O)C(NC(=O)OC1CCCC1)C(C)(C)C)C(=O)NS(=O)(=O)C1CC1. The van der Waals surface area contributed by atoms with Crippen molar-refractivity contribution in [3.8, 4) is 11.1 Å². The van der Waals surface area contributed by atoms with E-state index in [1.165, 1.54) is 18.1 Å². The zero-order valence-electron chi connectivity index (χ0n) is 30.4. The molecule has 12 nitrogen and oxygen atoms in total. The highest BCUT2D eigenvalue weighted by molar-refractivity contribution is 7.91. The molecule has 1 saturated heterocycles. The monoisotopic (exact) mass is 734 g/mol. The van der Waals surface area contributed by atoms with Gasteiger partial charge in [-0.2, -0.15) is 0 Å². The van der Waals surface area contributed by atoms with Crippen molar-refractivity contribution in [2.24, 2.45) is 11.3 Å². The molecular formula is C39H50N4O8S.